The second kappa shape index (κ2) is 8.67. The van der Waals surface area contributed by atoms with Crippen LogP contribution in [0.4, 0.5) is 0 Å². The molecule has 31 heavy (non-hydrogen) atoms. The van der Waals surface area contributed by atoms with E-state index in [0.717, 1.165) is 5.56 Å². The number of likely N-dealkylation sites (tertiary alicyclic amines) is 1. The first-order chi connectivity index (χ1) is 14.9. The first-order valence-corrected chi connectivity index (χ1v) is 11.5. The normalized spacial score (nSPS) is 18.5. The highest BCUT2D eigenvalue weighted by atomic mass is 32.1. The molecule has 1 fully saturated rings. The third kappa shape index (κ3) is 4.42. The van der Waals surface area contributed by atoms with Crippen LogP contribution in [0.15, 0.2) is 53.4 Å². The number of nitrogens with one attached hydrogen (secondary N) is 1. The van der Waals surface area contributed by atoms with Gasteiger partial charge in [0.25, 0.3) is 5.91 Å². The van der Waals surface area contributed by atoms with Gasteiger partial charge in [-0.2, -0.15) is 16.4 Å². The highest BCUT2D eigenvalue weighted by Crippen LogP contribution is 2.36. The predicted octanol–water partition coefficient (Wildman–Crippen LogP) is 3.75. The molecule has 0 unspecified atom stereocenters. The maximum absolute atomic E-state index is 13.3. The van der Waals surface area contributed by atoms with Crippen LogP contribution < -0.4 is 5.32 Å². The van der Waals surface area contributed by atoms with Gasteiger partial charge in [-0.1, -0.05) is 24.3 Å². The van der Waals surface area contributed by atoms with Crippen molar-refractivity contribution in [3.63, 3.8) is 0 Å². The van der Waals surface area contributed by atoms with Crippen molar-refractivity contribution in [2.75, 3.05) is 13.1 Å². The van der Waals surface area contributed by atoms with E-state index in [0.29, 0.717) is 31.6 Å². The van der Waals surface area contributed by atoms with Crippen LogP contribution in [0.2, 0.25) is 0 Å². The molecule has 1 saturated heterocycles. The van der Waals surface area contributed by atoms with Crippen molar-refractivity contribution >= 4 is 23.2 Å². The van der Waals surface area contributed by atoms with Gasteiger partial charge in [0, 0.05) is 32.4 Å². The molecule has 3 heterocycles. The van der Waals surface area contributed by atoms with Gasteiger partial charge in [-0.3, -0.25) is 14.3 Å². The molecule has 0 radical (unpaired) electrons. The lowest BCUT2D eigenvalue weighted by atomic mass is 9.79. The van der Waals surface area contributed by atoms with Crippen LogP contribution in [0.25, 0.3) is 11.1 Å². The van der Waals surface area contributed by atoms with Gasteiger partial charge in [0.1, 0.15) is 5.69 Å². The number of rotatable bonds is 6. The second-order valence-electron chi connectivity index (χ2n) is 8.61. The van der Waals surface area contributed by atoms with E-state index in [1.165, 1.54) is 11.1 Å². The molecule has 0 aliphatic carbocycles. The largest absolute Gasteiger partial charge is 0.353 e. The highest BCUT2D eigenvalue weighted by Gasteiger charge is 2.46. The minimum Gasteiger partial charge on any atom is -0.353 e. The standard InChI is InChI=1S/C24H28N4O2S/c1-17(2)26-23(30)24(10-12-28(16-24)22(29)21-8-11-25-27(21)3)14-18-4-6-19(7-5-18)20-9-13-31-15-20/h4-9,11,13,15,17H,10,12,14,16H2,1-3H3,(H,26,30)/t24-/m0/s1. The zero-order valence-electron chi connectivity index (χ0n) is 18.2. The number of aryl methyl sites for hydroxylation is 1. The zero-order chi connectivity index (χ0) is 22.0. The summed E-state index contributed by atoms with van der Waals surface area (Å²) in [5, 5.41) is 11.4. The van der Waals surface area contributed by atoms with E-state index in [2.05, 4.69) is 51.5 Å². The Bertz CT molecular complexity index is 1060. The molecule has 0 saturated carbocycles. The van der Waals surface area contributed by atoms with Crippen molar-refractivity contribution in [3.05, 3.63) is 64.6 Å². The first-order valence-electron chi connectivity index (χ1n) is 10.6. The maximum Gasteiger partial charge on any atom is 0.272 e. The van der Waals surface area contributed by atoms with E-state index in [1.54, 1.807) is 40.2 Å². The van der Waals surface area contributed by atoms with Gasteiger partial charge < -0.3 is 10.2 Å². The molecule has 1 aliphatic rings. The van der Waals surface area contributed by atoms with Crippen LogP contribution in [0.5, 0.6) is 0 Å². The Hall–Kier alpha value is -2.93. The lowest BCUT2D eigenvalue weighted by Crippen LogP contribution is -2.47. The molecule has 7 heteroatoms. The Balaban J connectivity index is 1.57. The van der Waals surface area contributed by atoms with E-state index < -0.39 is 5.41 Å². The van der Waals surface area contributed by atoms with Gasteiger partial charge in [0.15, 0.2) is 0 Å². The second-order valence-corrected chi connectivity index (χ2v) is 9.39. The highest BCUT2D eigenvalue weighted by molar-refractivity contribution is 7.08. The fourth-order valence-electron chi connectivity index (χ4n) is 4.25. The number of amides is 2. The Morgan fingerprint density at radius 3 is 2.55 bits per heavy atom. The Kier molecular flexibility index (Phi) is 5.96. The first kappa shape index (κ1) is 21.3. The van der Waals surface area contributed by atoms with Crippen molar-refractivity contribution in [2.45, 2.75) is 32.7 Å². The summed E-state index contributed by atoms with van der Waals surface area (Å²) < 4.78 is 1.58. The molecule has 1 aromatic carbocycles. The maximum atomic E-state index is 13.3. The van der Waals surface area contributed by atoms with Gasteiger partial charge in [-0.05, 0) is 66.3 Å². The summed E-state index contributed by atoms with van der Waals surface area (Å²) in [6.07, 6.45) is 2.86. The quantitative estimate of drug-likeness (QED) is 0.640. The lowest BCUT2D eigenvalue weighted by molar-refractivity contribution is -0.130. The summed E-state index contributed by atoms with van der Waals surface area (Å²) in [5.41, 5.74) is 3.39. The van der Waals surface area contributed by atoms with E-state index in [1.807, 2.05) is 13.8 Å². The SMILES string of the molecule is CC(C)NC(=O)[C@]1(Cc2ccc(-c3ccsc3)cc2)CCN(C(=O)c2ccnn2C)C1. The average Bonchev–Trinajstić information content (AvgIpc) is 3.49. The van der Waals surface area contributed by atoms with Gasteiger partial charge in [0.2, 0.25) is 5.91 Å². The fourth-order valence-corrected chi connectivity index (χ4v) is 4.92. The van der Waals surface area contributed by atoms with Crippen molar-refractivity contribution in [3.8, 4) is 11.1 Å². The van der Waals surface area contributed by atoms with E-state index in [9.17, 15) is 9.59 Å². The molecule has 0 bridgehead atoms. The molecule has 162 valence electrons. The Labute approximate surface area is 186 Å². The topological polar surface area (TPSA) is 67.2 Å². The number of aromatic nitrogens is 2. The summed E-state index contributed by atoms with van der Waals surface area (Å²) in [4.78, 5) is 28.1. The molecule has 3 aromatic rings. The molecule has 1 aliphatic heterocycles. The fraction of sp³-hybridized carbons (Fsp3) is 0.375. The van der Waals surface area contributed by atoms with Crippen molar-refractivity contribution in [1.82, 2.24) is 20.0 Å². The van der Waals surface area contributed by atoms with Crippen LogP contribution >= 0.6 is 11.3 Å². The summed E-state index contributed by atoms with van der Waals surface area (Å²) in [7, 11) is 1.76. The molecule has 1 atom stereocenters. The number of carbonyl (C=O) groups excluding carboxylic acids is 2. The van der Waals surface area contributed by atoms with Crippen molar-refractivity contribution < 1.29 is 9.59 Å². The molecular weight excluding hydrogens is 408 g/mol. The smallest absolute Gasteiger partial charge is 0.272 e. The van der Waals surface area contributed by atoms with Crippen molar-refractivity contribution in [2.24, 2.45) is 12.5 Å². The molecule has 2 amide bonds. The summed E-state index contributed by atoms with van der Waals surface area (Å²) >= 11 is 1.68. The number of thiophene rings is 1. The van der Waals surface area contributed by atoms with E-state index >= 15 is 0 Å². The minimum absolute atomic E-state index is 0.0183. The number of carbonyl (C=O) groups is 2. The van der Waals surface area contributed by atoms with Gasteiger partial charge >= 0.3 is 0 Å². The number of nitrogens with zero attached hydrogens (tertiary/aromatic N) is 3. The van der Waals surface area contributed by atoms with Crippen LogP contribution in [-0.4, -0.2) is 45.6 Å². The third-order valence-corrected chi connectivity index (χ3v) is 6.62. The number of hydrogen-bond acceptors (Lipinski definition) is 4. The van der Waals surface area contributed by atoms with Crippen LogP contribution in [0.3, 0.4) is 0 Å². The van der Waals surface area contributed by atoms with Crippen molar-refractivity contribution in [1.29, 1.82) is 0 Å². The van der Waals surface area contributed by atoms with Crippen LogP contribution in [0, 0.1) is 5.41 Å². The summed E-state index contributed by atoms with van der Waals surface area (Å²) in [6.45, 7) is 4.90. The average molecular weight is 437 g/mol. The van der Waals surface area contributed by atoms with Gasteiger partial charge in [-0.25, -0.2) is 0 Å². The predicted molar refractivity (Wildman–Crippen MR) is 123 cm³/mol. The van der Waals surface area contributed by atoms with Crippen LogP contribution in [0.1, 0.15) is 36.3 Å². The number of benzene rings is 1. The molecule has 0 spiro atoms. The van der Waals surface area contributed by atoms with Gasteiger partial charge in [0.05, 0.1) is 5.41 Å². The zero-order valence-corrected chi connectivity index (χ0v) is 19.0. The van der Waals surface area contributed by atoms with Gasteiger partial charge in [-0.15, -0.1) is 0 Å². The Morgan fingerprint density at radius 2 is 1.94 bits per heavy atom. The number of hydrogen-bond donors (Lipinski definition) is 1. The summed E-state index contributed by atoms with van der Waals surface area (Å²) in [5.74, 6) is -0.0586. The monoisotopic (exact) mass is 436 g/mol. The van der Waals surface area contributed by atoms with E-state index in [-0.39, 0.29) is 17.9 Å². The van der Waals surface area contributed by atoms with E-state index in [4.69, 9.17) is 0 Å². The lowest BCUT2D eigenvalue weighted by Gasteiger charge is -2.29. The molecule has 6 nitrogen and oxygen atoms in total. The molecule has 2 aromatic heterocycles. The Morgan fingerprint density at radius 1 is 1.16 bits per heavy atom. The molecule has 4 rings (SSSR count). The third-order valence-electron chi connectivity index (χ3n) is 5.93. The van der Waals surface area contributed by atoms with Crippen LogP contribution in [-0.2, 0) is 18.3 Å². The molecule has 1 N–H and O–H groups in total. The minimum atomic E-state index is -0.636. The molecular formula is C24H28N4O2S. The summed E-state index contributed by atoms with van der Waals surface area (Å²) in [6, 6.07) is 12.3.